The standard InChI is InChI=1S/C24H31NO3.C2HF3O2/c1-5-7-13-28-23-16-19(14-18(3)24(26)27-6-2)11-12-22(23)21-10-8-9-20(15-21)17-25-4;3-2(4,5)1(6)7/h8-12,14-16,25H,5-7,13,17H2,1-4H3;(H,6,7)/b18-14+;. The number of carbonyl (C=O) groups is 2. The number of esters is 1. The van der Waals surface area contributed by atoms with E-state index < -0.39 is 12.1 Å². The van der Waals surface area contributed by atoms with Gasteiger partial charge < -0.3 is 19.9 Å². The van der Waals surface area contributed by atoms with Crippen LogP contribution in [0.25, 0.3) is 17.2 Å². The number of carboxylic acids is 1. The van der Waals surface area contributed by atoms with Crippen LogP contribution in [0.5, 0.6) is 5.75 Å². The predicted octanol–water partition coefficient (Wildman–Crippen LogP) is 5.85. The van der Waals surface area contributed by atoms with Crippen molar-refractivity contribution in [2.75, 3.05) is 20.3 Å². The molecule has 35 heavy (non-hydrogen) atoms. The third kappa shape index (κ3) is 10.6. The first-order valence-electron chi connectivity index (χ1n) is 11.2. The highest BCUT2D eigenvalue weighted by Crippen LogP contribution is 2.32. The number of benzene rings is 2. The molecule has 6 nitrogen and oxygen atoms in total. The molecule has 0 unspecified atom stereocenters. The summed E-state index contributed by atoms with van der Waals surface area (Å²) in [7, 11) is 1.94. The zero-order valence-electron chi connectivity index (χ0n) is 20.4. The van der Waals surface area contributed by atoms with Crippen LogP contribution in [0.3, 0.4) is 0 Å². The van der Waals surface area contributed by atoms with Crippen LogP contribution in [0.2, 0.25) is 0 Å². The number of carboxylic acid groups (broad SMARTS) is 1. The molecule has 0 amide bonds. The number of nitrogens with one attached hydrogen (secondary N) is 1. The van der Waals surface area contributed by atoms with Crippen LogP contribution in [-0.4, -0.2) is 43.5 Å². The number of halogens is 3. The molecule has 0 saturated heterocycles. The van der Waals surface area contributed by atoms with E-state index in [1.807, 2.05) is 32.2 Å². The maximum atomic E-state index is 11.9. The number of hydrogen-bond acceptors (Lipinski definition) is 5. The fourth-order valence-corrected chi connectivity index (χ4v) is 2.92. The van der Waals surface area contributed by atoms with E-state index >= 15 is 0 Å². The lowest BCUT2D eigenvalue weighted by Crippen LogP contribution is -2.21. The van der Waals surface area contributed by atoms with Crippen molar-refractivity contribution < 1.29 is 37.3 Å². The van der Waals surface area contributed by atoms with Crippen LogP contribution in [-0.2, 0) is 20.9 Å². The normalized spacial score (nSPS) is 11.3. The third-order valence-electron chi connectivity index (χ3n) is 4.60. The molecule has 0 saturated carbocycles. The van der Waals surface area contributed by atoms with Crippen molar-refractivity contribution in [1.29, 1.82) is 0 Å². The Morgan fingerprint density at radius 2 is 1.80 bits per heavy atom. The number of hydrogen-bond donors (Lipinski definition) is 2. The Labute approximate surface area is 203 Å². The fourth-order valence-electron chi connectivity index (χ4n) is 2.92. The smallest absolute Gasteiger partial charge is 0.490 e. The summed E-state index contributed by atoms with van der Waals surface area (Å²) >= 11 is 0. The Morgan fingerprint density at radius 1 is 1.11 bits per heavy atom. The number of aliphatic carboxylic acids is 1. The summed E-state index contributed by atoms with van der Waals surface area (Å²) in [6.45, 7) is 7.58. The predicted molar refractivity (Wildman–Crippen MR) is 129 cm³/mol. The van der Waals surface area contributed by atoms with Crippen LogP contribution in [0.15, 0.2) is 48.0 Å². The molecule has 0 aliphatic carbocycles. The SMILES string of the molecule is CCCCOc1cc(/C=C(\C)C(=O)OCC)ccc1-c1cccc(CNC)c1.O=C(O)C(F)(F)F. The number of alkyl halides is 3. The van der Waals surface area contributed by atoms with Gasteiger partial charge in [0, 0.05) is 17.7 Å². The van der Waals surface area contributed by atoms with Crippen LogP contribution >= 0.6 is 0 Å². The highest BCUT2D eigenvalue weighted by molar-refractivity contribution is 5.93. The Kier molecular flexibility index (Phi) is 12.6. The van der Waals surface area contributed by atoms with E-state index in [0.717, 1.165) is 41.8 Å². The Bertz CT molecular complexity index is 1000. The van der Waals surface area contributed by atoms with Crippen LogP contribution in [0.1, 0.15) is 44.7 Å². The van der Waals surface area contributed by atoms with Crippen molar-refractivity contribution in [3.63, 3.8) is 0 Å². The molecule has 2 rings (SSSR count). The Hall–Kier alpha value is -3.33. The molecule has 0 bridgehead atoms. The van der Waals surface area contributed by atoms with Crippen molar-refractivity contribution in [3.8, 4) is 16.9 Å². The second-order valence-corrected chi connectivity index (χ2v) is 7.54. The van der Waals surface area contributed by atoms with Gasteiger partial charge in [0.15, 0.2) is 0 Å². The summed E-state index contributed by atoms with van der Waals surface area (Å²) in [6, 6.07) is 14.5. The highest BCUT2D eigenvalue weighted by atomic mass is 19.4. The minimum atomic E-state index is -5.08. The van der Waals surface area contributed by atoms with E-state index in [0.29, 0.717) is 18.8 Å². The molecular formula is C26H32F3NO5. The van der Waals surface area contributed by atoms with Gasteiger partial charge in [-0.25, -0.2) is 9.59 Å². The van der Waals surface area contributed by atoms with E-state index in [2.05, 4.69) is 42.6 Å². The van der Waals surface area contributed by atoms with Crippen LogP contribution < -0.4 is 10.1 Å². The molecule has 0 aromatic heterocycles. The molecule has 0 spiro atoms. The van der Waals surface area contributed by atoms with Gasteiger partial charge in [0.25, 0.3) is 0 Å². The van der Waals surface area contributed by atoms with E-state index in [-0.39, 0.29) is 5.97 Å². The van der Waals surface area contributed by atoms with E-state index in [4.69, 9.17) is 19.4 Å². The van der Waals surface area contributed by atoms with Gasteiger partial charge in [0.1, 0.15) is 5.75 Å². The van der Waals surface area contributed by atoms with Gasteiger partial charge in [-0.15, -0.1) is 0 Å². The summed E-state index contributed by atoms with van der Waals surface area (Å²) in [4.78, 5) is 20.8. The summed E-state index contributed by atoms with van der Waals surface area (Å²) in [6.07, 6.45) is -1.17. The number of ether oxygens (including phenoxy) is 2. The van der Waals surface area contributed by atoms with Gasteiger partial charge in [0.2, 0.25) is 0 Å². The maximum absolute atomic E-state index is 11.9. The molecule has 0 radical (unpaired) electrons. The second kappa shape index (κ2) is 14.8. The lowest BCUT2D eigenvalue weighted by atomic mass is 9.99. The zero-order chi connectivity index (χ0) is 26.4. The first kappa shape index (κ1) is 29.7. The first-order chi connectivity index (χ1) is 16.5. The van der Waals surface area contributed by atoms with Crippen molar-refractivity contribution in [2.24, 2.45) is 0 Å². The second-order valence-electron chi connectivity index (χ2n) is 7.54. The van der Waals surface area contributed by atoms with Crippen molar-refractivity contribution >= 4 is 18.0 Å². The van der Waals surface area contributed by atoms with Crippen molar-refractivity contribution in [1.82, 2.24) is 5.32 Å². The average molecular weight is 496 g/mol. The third-order valence-corrected chi connectivity index (χ3v) is 4.60. The molecule has 2 aromatic rings. The average Bonchev–Trinajstić information content (AvgIpc) is 2.80. The molecule has 0 heterocycles. The molecule has 2 aromatic carbocycles. The molecule has 0 aliphatic rings. The minimum Gasteiger partial charge on any atom is -0.493 e. The van der Waals surface area contributed by atoms with Crippen LogP contribution in [0.4, 0.5) is 13.2 Å². The number of carbonyl (C=O) groups excluding carboxylic acids is 1. The number of unbranched alkanes of at least 4 members (excludes halogenated alkanes) is 1. The summed E-state index contributed by atoms with van der Waals surface area (Å²) < 4.78 is 42.9. The highest BCUT2D eigenvalue weighted by Gasteiger charge is 2.38. The molecule has 0 fully saturated rings. The van der Waals surface area contributed by atoms with Crippen molar-refractivity contribution in [2.45, 2.75) is 46.3 Å². The molecule has 0 aliphatic heterocycles. The van der Waals surface area contributed by atoms with Gasteiger partial charge in [-0.2, -0.15) is 13.2 Å². The zero-order valence-corrected chi connectivity index (χ0v) is 20.4. The van der Waals surface area contributed by atoms with E-state index in [1.54, 1.807) is 6.92 Å². The lowest BCUT2D eigenvalue weighted by molar-refractivity contribution is -0.192. The van der Waals surface area contributed by atoms with Gasteiger partial charge in [-0.05, 0) is 62.2 Å². The first-order valence-corrected chi connectivity index (χ1v) is 11.2. The van der Waals surface area contributed by atoms with Crippen molar-refractivity contribution in [3.05, 3.63) is 59.2 Å². The molecule has 2 N–H and O–H groups in total. The maximum Gasteiger partial charge on any atom is 0.490 e. The quantitative estimate of drug-likeness (QED) is 0.244. The largest absolute Gasteiger partial charge is 0.493 e. The van der Waals surface area contributed by atoms with Gasteiger partial charge >= 0.3 is 18.1 Å². The monoisotopic (exact) mass is 495 g/mol. The molecule has 9 heteroatoms. The molecular weight excluding hydrogens is 463 g/mol. The fraction of sp³-hybridized carbons (Fsp3) is 0.385. The topological polar surface area (TPSA) is 84.9 Å². The van der Waals surface area contributed by atoms with E-state index in [9.17, 15) is 18.0 Å². The Morgan fingerprint density at radius 3 is 2.37 bits per heavy atom. The Balaban J connectivity index is 0.000000762. The van der Waals surface area contributed by atoms with E-state index in [1.165, 1.54) is 5.56 Å². The van der Waals surface area contributed by atoms with Gasteiger partial charge in [-0.3, -0.25) is 0 Å². The summed E-state index contributed by atoms with van der Waals surface area (Å²) in [5, 5.41) is 10.3. The van der Waals surface area contributed by atoms with Crippen LogP contribution in [0, 0.1) is 0 Å². The van der Waals surface area contributed by atoms with Gasteiger partial charge in [0.05, 0.1) is 13.2 Å². The molecule has 192 valence electrons. The summed E-state index contributed by atoms with van der Waals surface area (Å²) in [5.74, 6) is -2.22. The lowest BCUT2D eigenvalue weighted by Gasteiger charge is -2.14. The summed E-state index contributed by atoms with van der Waals surface area (Å²) in [5.41, 5.74) is 4.90. The number of rotatable bonds is 10. The van der Waals surface area contributed by atoms with Gasteiger partial charge in [-0.1, -0.05) is 43.7 Å². The molecule has 0 atom stereocenters. The minimum absolute atomic E-state index is 0.292.